The van der Waals surface area contributed by atoms with Gasteiger partial charge in [-0.3, -0.25) is 4.79 Å². The summed E-state index contributed by atoms with van der Waals surface area (Å²) in [5.41, 5.74) is 0.544. The summed E-state index contributed by atoms with van der Waals surface area (Å²) in [4.78, 5) is 14.6. The molecule has 0 saturated carbocycles. The molecule has 0 amide bonds. The Labute approximate surface area is 121 Å². The Morgan fingerprint density at radius 3 is 3.10 bits per heavy atom. The van der Waals surface area contributed by atoms with E-state index in [2.05, 4.69) is 20.5 Å². The highest BCUT2D eigenvalue weighted by molar-refractivity contribution is 7.14. The fraction of sp³-hybridized carbons (Fsp3) is 0.462. The van der Waals surface area contributed by atoms with Crippen LogP contribution in [0.4, 0.5) is 0 Å². The van der Waals surface area contributed by atoms with E-state index in [1.54, 1.807) is 19.5 Å². The number of aromatic amines is 1. The summed E-state index contributed by atoms with van der Waals surface area (Å²) in [6.07, 6.45) is 5.13. The predicted molar refractivity (Wildman–Crippen MR) is 79.0 cm³/mol. The molecule has 2 N–H and O–H groups in total. The standard InChI is InChI=1S/C13H18N4O2S/c1-19-8-7-14-5-2-3-12-16-17-13(20-12)10-9-15-6-4-11(10)18/h4,6,9,14H,2-3,5,7-8H2,1H3,(H,15,18). The van der Waals surface area contributed by atoms with Crippen LogP contribution in [0, 0.1) is 0 Å². The third-order valence-electron chi connectivity index (χ3n) is 2.75. The van der Waals surface area contributed by atoms with Gasteiger partial charge in [-0.15, -0.1) is 10.2 Å². The van der Waals surface area contributed by atoms with Gasteiger partial charge in [-0.2, -0.15) is 0 Å². The predicted octanol–water partition coefficient (Wildman–Crippen LogP) is 1.06. The van der Waals surface area contributed by atoms with Crippen molar-refractivity contribution >= 4 is 11.3 Å². The maximum absolute atomic E-state index is 11.7. The Morgan fingerprint density at radius 1 is 1.40 bits per heavy atom. The van der Waals surface area contributed by atoms with Crippen LogP contribution >= 0.6 is 11.3 Å². The van der Waals surface area contributed by atoms with Crippen LogP contribution in [-0.2, 0) is 11.2 Å². The number of rotatable bonds is 8. The van der Waals surface area contributed by atoms with Gasteiger partial charge in [0.15, 0.2) is 10.4 Å². The van der Waals surface area contributed by atoms with Crippen LogP contribution in [0.25, 0.3) is 10.6 Å². The number of methoxy groups -OCH3 is 1. The van der Waals surface area contributed by atoms with Crippen molar-refractivity contribution < 1.29 is 4.74 Å². The Hall–Kier alpha value is -1.57. The third-order valence-corrected chi connectivity index (χ3v) is 3.76. The summed E-state index contributed by atoms with van der Waals surface area (Å²) in [6.45, 7) is 2.50. The molecule has 0 aromatic carbocycles. The summed E-state index contributed by atoms with van der Waals surface area (Å²) in [6, 6.07) is 1.50. The second-order valence-electron chi connectivity index (χ2n) is 4.27. The van der Waals surface area contributed by atoms with Gasteiger partial charge in [-0.25, -0.2) is 0 Å². The maximum atomic E-state index is 11.7. The van der Waals surface area contributed by atoms with E-state index in [9.17, 15) is 4.79 Å². The van der Waals surface area contributed by atoms with Gasteiger partial charge in [0.1, 0.15) is 5.01 Å². The molecule has 2 rings (SSSR count). The minimum atomic E-state index is -0.0346. The molecule has 7 heteroatoms. The molecule has 20 heavy (non-hydrogen) atoms. The van der Waals surface area contributed by atoms with E-state index in [0.717, 1.165) is 37.5 Å². The van der Waals surface area contributed by atoms with Crippen molar-refractivity contribution in [1.82, 2.24) is 20.5 Å². The molecule has 2 aromatic heterocycles. The highest BCUT2D eigenvalue weighted by Gasteiger charge is 2.09. The lowest BCUT2D eigenvalue weighted by Gasteiger charge is -2.01. The molecule has 0 fully saturated rings. The number of hydrogen-bond donors (Lipinski definition) is 2. The minimum absolute atomic E-state index is 0.0346. The Bertz CT molecular complexity index is 582. The van der Waals surface area contributed by atoms with Crippen LogP contribution in [0.1, 0.15) is 11.4 Å². The van der Waals surface area contributed by atoms with Crippen LogP contribution in [0.5, 0.6) is 0 Å². The summed E-state index contributed by atoms with van der Waals surface area (Å²) >= 11 is 1.47. The highest BCUT2D eigenvalue weighted by Crippen LogP contribution is 2.20. The van der Waals surface area contributed by atoms with Crippen LogP contribution in [0.15, 0.2) is 23.3 Å². The number of nitrogens with one attached hydrogen (secondary N) is 2. The van der Waals surface area contributed by atoms with Crippen LogP contribution in [-0.4, -0.2) is 42.0 Å². The van der Waals surface area contributed by atoms with Gasteiger partial charge in [0.2, 0.25) is 0 Å². The van der Waals surface area contributed by atoms with Crippen molar-refractivity contribution in [1.29, 1.82) is 0 Å². The molecule has 108 valence electrons. The van der Waals surface area contributed by atoms with Crippen molar-refractivity contribution in [2.24, 2.45) is 0 Å². The van der Waals surface area contributed by atoms with E-state index in [4.69, 9.17) is 4.74 Å². The second-order valence-corrected chi connectivity index (χ2v) is 5.33. The van der Waals surface area contributed by atoms with Gasteiger partial charge in [0, 0.05) is 38.5 Å². The molecular formula is C13H18N4O2S. The van der Waals surface area contributed by atoms with Gasteiger partial charge in [-0.1, -0.05) is 11.3 Å². The molecule has 0 aliphatic rings. The van der Waals surface area contributed by atoms with E-state index in [0.29, 0.717) is 10.6 Å². The van der Waals surface area contributed by atoms with Gasteiger partial charge in [0.25, 0.3) is 0 Å². The molecular weight excluding hydrogens is 276 g/mol. The largest absolute Gasteiger partial charge is 0.383 e. The quantitative estimate of drug-likeness (QED) is 0.712. The number of H-pyrrole nitrogens is 1. The summed E-state index contributed by atoms with van der Waals surface area (Å²) in [5, 5.41) is 13.1. The fourth-order valence-corrected chi connectivity index (χ4v) is 2.61. The van der Waals surface area contributed by atoms with E-state index in [1.165, 1.54) is 17.4 Å². The zero-order valence-corrected chi connectivity index (χ0v) is 12.2. The minimum Gasteiger partial charge on any atom is -0.383 e. The highest BCUT2D eigenvalue weighted by atomic mass is 32.1. The average Bonchev–Trinajstić information content (AvgIpc) is 2.92. The van der Waals surface area contributed by atoms with Crippen molar-refractivity contribution in [3.63, 3.8) is 0 Å². The molecule has 0 bridgehead atoms. The second kappa shape index (κ2) is 7.88. The van der Waals surface area contributed by atoms with Crippen LogP contribution < -0.4 is 10.7 Å². The number of nitrogens with zero attached hydrogens (tertiary/aromatic N) is 2. The first-order valence-corrected chi connectivity index (χ1v) is 7.32. The molecule has 6 nitrogen and oxygen atoms in total. The topological polar surface area (TPSA) is 79.9 Å². The molecule has 0 aliphatic heterocycles. The molecule has 0 aliphatic carbocycles. The summed E-state index contributed by atoms with van der Waals surface area (Å²) in [5.74, 6) is 0. The molecule has 0 saturated heterocycles. The molecule has 0 unspecified atom stereocenters. The van der Waals surface area contributed by atoms with Crippen LogP contribution in [0.3, 0.4) is 0 Å². The van der Waals surface area contributed by atoms with Crippen molar-refractivity contribution in [3.8, 4) is 10.6 Å². The Balaban J connectivity index is 1.84. The Kier molecular flexibility index (Phi) is 5.85. The fourth-order valence-electron chi connectivity index (χ4n) is 1.71. The lowest BCUT2D eigenvalue weighted by molar-refractivity contribution is 0.199. The lowest BCUT2D eigenvalue weighted by Crippen LogP contribution is -2.20. The Morgan fingerprint density at radius 2 is 2.30 bits per heavy atom. The SMILES string of the molecule is COCCNCCCc1nnc(-c2c[nH]ccc2=O)s1. The summed E-state index contributed by atoms with van der Waals surface area (Å²) in [7, 11) is 1.69. The first-order valence-electron chi connectivity index (χ1n) is 6.51. The molecule has 2 heterocycles. The average molecular weight is 294 g/mol. The van der Waals surface area contributed by atoms with E-state index in [1.807, 2.05) is 0 Å². The van der Waals surface area contributed by atoms with Crippen molar-refractivity contribution in [2.75, 3.05) is 26.8 Å². The van der Waals surface area contributed by atoms with E-state index < -0.39 is 0 Å². The number of aryl methyl sites for hydroxylation is 1. The van der Waals surface area contributed by atoms with Gasteiger partial charge >= 0.3 is 0 Å². The van der Waals surface area contributed by atoms with Gasteiger partial charge < -0.3 is 15.0 Å². The van der Waals surface area contributed by atoms with E-state index >= 15 is 0 Å². The van der Waals surface area contributed by atoms with Gasteiger partial charge in [-0.05, 0) is 13.0 Å². The zero-order chi connectivity index (χ0) is 14.2. The normalized spacial score (nSPS) is 10.8. The van der Waals surface area contributed by atoms with Gasteiger partial charge in [0.05, 0.1) is 12.2 Å². The number of ether oxygens (including phenoxy) is 1. The number of pyridine rings is 1. The summed E-state index contributed by atoms with van der Waals surface area (Å²) < 4.78 is 4.95. The van der Waals surface area contributed by atoms with Crippen molar-refractivity contribution in [3.05, 3.63) is 33.7 Å². The molecule has 0 spiro atoms. The van der Waals surface area contributed by atoms with Crippen LogP contribution in [0.2, 0.25) is 0 Å². The third kappa shape index (κ3) is 4.22. The zero-order valence-electron chi connectivity index (χ0n) is 11.4. The lowest BCUT2D eigenvalue weighted by atomic mass is 10.3. The molecule has 0 atom stereocenters. The van der Waals surface area contributed by atoms with E-state index in [-0.39, 0.29) is 5.43 Å². The first kappa shape index (κ1) is 14.8. The monoisotopic (exact) mass is 294 g/mol. The number of aromatic nitrogens is 3. The number of hydrogen-bond acceptors (Lipinski definition) is 6. The molecule has 0 radical (unpaired) electrons. The van der Waals surface area contributed by atoms with Crippen molar-refractivity contribution in [2.45, 2.75) is 12.8 Å². The molecule has 2 aromatic rings. The first-order chi connectivity index (χ1) is 9.81. The smallest absolute Gasteiger partial charge is 0.191 e. The maximum Gasteiger partial charge on any atom is 0.191 e.